The second kappa shape index (κ2) is 13.6. The second-order valence-electron chi connectivity index (χ2n) is 10.0. The van der Waals surface area contributed by atoms with E-state index < -0.39 is 59.7 Å². The minimum Gasteiger partial charge on any atom is -0.480 e. The van der Waals surface area contributed by atoms with Crippen LogP contribution in [-0.4, -0.2) is 63.9 Å². The van der Waals surface area contributed by atoms with Gasteiger partial charge in [0.05, 0.1) is 6.04 Å². The highest BCUT2D eigenvalue weighted by Gasteiger charge is 2.32. The van der Waals surface area contributed by atoms with Gasteiger partial charge in [0.25, 0.3) is 0 Å². The number of rotatable bonds is 14. The predicted molar refractivity (Wildman–Crippen MR) is 142 cm³/mol. The van der Waals surface area contributed by atoms with Gasteiger partial charge in [0.1, 0.15) is 18.1 Å². The molecule has 38 heavy (non-hydrogen) atoms. The van der Waals surface area contributed by atoms with Crippen LogP contribution in [0, 0.1) is 11.8 Å². The first kappa shape index (κ1) is 30.3. The summed E-state index contributed by atoms with van der Waals surface area (Å²) in [6.07, 6.45) is 1.45. The van der Waals surface area contributed by atoms with Crippen LogP contribution in [0.5, 0.6) is 0 Å². The second-order valence-corrected chi connectivity index (χ2v) is 10.0. The Kier molecular flexibility index (Phi) is 10.8. The number of aliphatic carboxylic acids is 1. The fourth-order valence-electron chi connectivity index (χ4n) is 3.90. The number of hydrogen-bond acceptors (Lipinski definition) is 6. The maximum absolute atomic E-state index is 13.3. The maximum Gasteiger partial charge on any atom is 0.326 e. The Hall–Kier alpha value is -3.93. The number of carbonyl (C=O) groups excluding carboxylic acids is 4. The molecule has 0 aliphatic heterocycles. The van der Waals surface area contributed by atoms with Gasteiger partial charge in [0.15, 0.2) is 0 Å². The van der Waals surface area contributed by atoms with E-state index in [9.17, 15) is 29.1 Å². The van der Waals surface area contributed by atoms with Crippen molar-refractivity contribution in [3.8, 4) is 0 Å². The minimum absolute atomic E-state index is 0.0357. The van der Waals surface area contributed by atoms with Crippen LogP contribution in [0.25, 0.3) is 10.9 Å². The molecule has 0 aliphatic carbocycles. The van der Waals surface area contributed by atoms with E-state index in [1.165, 1.54) is 0 Å². The van der Waals surface area contributed by atoms with Crippen molar-refractivity contribution in [1.29, 1.82) is 0 Å². The molecule has 12 nitrogen and oxygen atoms in total. The number of primary amides is 1. The Labute approximate surface area is 221 Å². The van der Waals surface area contributed by atoms with Gasteiger partial charge in [-0.15, -0.1) is 0 Å². The van der Waals surface area contributed by atoms with E-state index in [1.54, 1.807) is 33.9 Å². The summed E-state index contributed by atoms with van der Waals surface area (Å²) in [7, 11) is 0. The van der Waals surface area contributed by atoms with Crippen molar-refractivity contribution in [2.24, 2.45) is 23.3 Å². The van der Waals surface area contributed by atoms with E-state index in [2.05, 4.69) is 20.9 Å². The Morgan fingerprint density at radius 1 is 0.895 bits per heavy atom. The van der Waals surface area contributed by atoms with E-state index in [0.717, 1.165) is 16.5 Å². The molecule has 0 spiro atoms. The zero-order chi connectivity index (χ0) is 28.6. The average molecular weight is 531 g/mol. The molecule has 1 aromatic carbocycles. The summed E-state index contributed by atoms with van der Waals surface area (Å²) in [5.41, 5.74) is 12.7. The molecule has 12 heteroatoms. The Balaban J connectivity index is 2.35. The number of nitrogens with one attached hydrogen (secondary N) is 4. The van der Waals surface area contributed by atoms with Crippen LogP contribution in [0.3, 0.4) is 0 Å². The van der Waals surface area contributed by atoms with Crippen LogP contribution >= 0.6 is 0 Å². The number of aromatic amines is 1. The molecule has 0 aliphatic rings. The number of para-hydroxylation sites is 1. The third-order valence-electron chi connectivity index (χ3n) is 6.30. The molecular formula is C26H38N6O6. The van der Waals surface area contributed by atoms with E-state index in [1.807, 2.05) is 24.3 Å². The molecule has 4 atom stereocenters. The van der Waals surface area contributed by atoms with Crippen LogP contribution in [0.4, 0.5) is 0 Å². The van der Waals surface area contributed by atoms with Crippen LogP contribution in [0.1, 0.15) is 46.1 Å². The first-order valence-corrected chi connectivity index (χ1v) is 12.5. The molecule has 2 rings (SSSR count). The molecule has 9 N–H and O–H groups in total. The summed E-state index contributed by atoms with van der Waals surface area (Å²) < 4.78 is 0. The van der Waals surface area contributed by atoms with Crippen molar-refractivity contribution in [3.63, 3.8) is 0 Å². The predicted octanol–water partition coefficient (Wildman–Crippen LogP) is 0.154. The third kappa shape index (κ3) is 8.30. The lowest BCUT2D eigenvalue weighted by Crippen LogP contribution is -2.58. The molecule has 0 saturated heterocycles. The molecule has 1 heterocycles. The van der Waals surface area contributed by atoms with Gasteiger partial charge in [0.2, 0.25) is 23.6 Å². The van der Waals surface area contributed by atoms with Crippen LogP contribution in [0.2, 0.25) is 0 Å². The molecule has 4 amide bonds. The first-order chi connectivity index (χ1) is 17.8. The quantitative estimate of drug-likeness (QED) is 0.180. The van der Waals surface area contributed by atoms with E-state index >= 15 is 0 Å². The van der Waals surface area contributed by atoms with Gasteiger partial charge in [-0.05, 0) is 29.9 Å². The number of nitrogens with two attached hydrogens (primary N) is 2. The number of carboxylic acid groups (broad SMARTS) is 1. The highest BCUT2D eigenvalue weighted by atomic mass is 16.4. The Morgan fingerprint density at radius 3 is 2.08 bits per heavy atom. The van der Waals surface area contributed by atoms with Crippen molar-refractivity contribution in [2.45, 2.75) is 71.1 Å². The lowest BCUT2D eigenvalue weighted by atomic mass is 10.0. The Bertz CT molecular complexity index is 1160. The standard InChI is InChI=1S/C26H38N6O6/c1-13(2)21(28)25(36)30-18(9-10-20(27)33)23(34)31-19(24(35)32-22(14(3)4)26(37)38)11-15-12-29-17-8-6-5-7-16(15)17/h5-8,12-14,18-19,21-22,29H,9-11,28H2,1-4H3,(H2,27,33)(H,30,36)(H,31,34)(H,32,35)(H,37,38). The number of aromatic nitrogens is 1. The molecule has 1 aromatic heterocycles. The maximum atomic E-state index is 13.3. The summed E-state index contributed by atoms with van der Waals surface area (Å²) >= 11 is 0. The van der Waals surface area contributed by atoms with E-state index in [0.29, 0.717) is 0 Å². The molecule has 0 radical (unpaired) electrons. The zero-order valence-corrected chi connectivity index (χ0v) is 22.1. The monoisotopic (exact) mass is 530 g/mol. The van der Waals surface area contributed by atoms with Crippen LogP contribution < -0.4 is 27.4 Å². The Morgan fingerprint density at radius 2 is 1.50 bits per heavy atom. The highest BCUT2D eigenvalue weighted by Crippen LogP contribution is 2.19. The van der Waals surface area contributed by atoms with Gasteiger partial charge in [-0.2, -0.15) is 0 Å². The minimum atomic E-state index is -1.21. The lowest BCUT2D eigenvalue weighted by Gasteiger charge is -2.26. The summed E-state index contributed by atoms with van der Waals surface area (Å²) in [6.45, 7) is 6.80. The zero-order valence-electron chi connectivity index (χ0n) is 22.1. The van der Waals surface area contributed by atoms with Crippen molar-refractivity contribution < 1.29 is 29.1 Å². The van der Waals surface area contributed by atoms with Gasteiger partial charge >= 0.3 is 5.97 Å². The fourth-order valence-corrected chi connectivity index (χ4v) is 3.90. The van der Waals surface area contributed by atoms with Crippen molar-refractivity contribution >= 4 is 40.5 Å². The molecule has 0 saturated carbocycles. The van der Waals surface area contributed by atoms with Crippen molar-refractivity contribution in [2.75, 3.05) is 0 Å². The first-order valence-electron chi connectivity index (χ1n) is 12.5. The normalized spacial score (nSPS) is 14.5. The molecule has 208 valence electrons. The van der Waals surface area contributed by atoms with Crippen molar-refractivity contribution in [3.05, 3.63) is 36.0 Å². The molecular weight excluding hydrogens is 492 g/mol. The number of H-pyrrole nitrogens is 1. The van der Waals surface area contributed by atoms with Gasteiger partial charge in [-0.25, -0.2) is 4.79 Å². The molecule has 0 fully saturated rings. The molecule has 0 bridgehead atoms. The molecule has 2 aromatic rings. The van der Waals surface area contributed by atoms with Crippen LogP contribution in [0.15, 0.2) is 30.5 Å². The van der Waals surface area contributed by atoms with Gasteiger partial charge in [0, 0.05) is 29.9 Å². The largest absolute Gasteiger partial charge is 0.480 e. The SMILES string of the molecule is CC(C)C(N)C(=O)NC(CCC(N)=O)C(=O)NC(Cc1c[nH]c2ccccc12)C(=O)NC(C(=O)O)C(C)C. The fraction of sp³-hybridized carbons (Fsp3) is 0.500. The average Bonchev–Trinajstić information content (AvgIpc) is 3.25. The summed E-state index contributed by atoms with van der Waals surface area (Å²) in [4.78, 5) is 65.4. The lowest BCUT2D eigenvalue weighted by molar-refractivity contribution is -0.143. The van der Waals surface area contributed by atoms with E-state index in [-0.39, 0.29) is 25.2 Å². The van der Waals surface area contributed by atoms with E-state index in [4.69, 9.17) is 11.5 Å². The number of hydrogen-bond donors (Lipinski definition) is 7. The molecule has 4 unspecified atom stereocenters. The highest BCUT2D eigenvalue weighted by molar-refractivity contribution is 5.95. The topological polar surface area (TPSA) is 209 Å². The van der Waals surface area contributed by atoms with Crippen LogP contribution in [-0.2, 0) is 30.4 Å². The third-order valence-corrected chi connectivity index (χ3v) is 6.30. The van der Waals surface area contributed by atoms with Crippen molar-refractivity contribution in [1.82, 2.24) is 20.9 Å². The number of benzene rings is 1. The number of carboxylic acids is 1. The smallest absolute Gasteiger partial charge is 0.326 e. The van der Waals surface area contributed by atoms with Gasteiger partial charge in [-0.1, -0.05) is 45.9 Å². The number of carbonyl (C=O) groups is 5. The number of amides is 4. The summed E-state index contributed by atoms with van der Waals surface area (Å²) in [6, 6.07) is 2.94. The van der Waals surface area contributed by atoms with Gasteiger partial charge in [-0.3, -0.25) is 19.2 Å². The van der Waals surface area contributed by atoms with Gasteiger partial charge < -0.3 is 37.5 Å². The summed E-state index contributed by atoms with van der Waals surface area (Å²) in [5.74, 6) is -4.52. The number of fused-ring (bicyclic) bond motifs is 1. The summed E-state index contributed by atoms with van der Waals surface area (Å²) in [5, 5.41) is 18.1.